The second-order valence-electron chi connectivity index (χ2n) is 8.33. The van der Waals surface area contributed by atoms with E-state index in [0.717, 1.165) is 29.6 Å². The fraction of sp³-hybridized carbons (Fsp3) is 0.348. The number of hydrogen-bond donors (Lipinski definition) is 1. The van der Waals surface area contributed by atoms with Gasteiger partial charge in [-0.15, -0.1) is 0 Å². The number of aromatic nitrogens is 3. The van der Waals surface area contributed by atoms with Crippen molar-refractivity contribution < 1.29 is 19.1 Å². The molecule has 0 bridgehead atoms. The molecule has 10 heteroatoms. The van der Waals surface area contributed by atoms with Gasteiger partial charge in [-0.2, -0.15) is 5.26 Å². The molecule has 1 aromatic carbocycles. The number of nitrogens with one attached hydrogen (secondary N) is 1. The van der Waals surface area contributed by atoms with Gasteiger partial charge in [0.25, 0.3) is 0 Å². The third-order valence-electron chi connectivity index (χ3n) is 6.26. The van der Waals surface area contributed by atoms with E-state index in [1.54, 1.807) is 18.2 Å². The van der Waals surface area contributed by atoms with E-state index in [4.69, 9.17) is 10.00 Å². The quantitative estimate of drug-likeness (QED) is 0.606. The van der Waals surface area contributed by atoms with Crippen LogP contribution < -0.4 is 9.64 Å². The number of benzene rings is 1. The van der Waals surface area contributed by atoms with Crippen LogP contribution in [0.1, 0.15) is 24.0 Å². The third-order valence-corrected chi connectivity index (χ3v) is 6.26. The number of anilines is 1. The molecule has 2 aromatic heterocycles. The Bertz CT molecular complexity index is 1260. The van der Waals surface area contributed by atoms with E-state index in [1.807, 2.05) is 17.0 Å². The first-order chi connectivity index (χ1) is 16.0. The van der Waals surface area contributed by atoms with Crippen molar-refractivity contribution in [2.75, 3.05) is 31.6 Å². The minimum Gasteiger partial charge on any atom is -0.437 e. The number of ether oxygens (including phenoxy) is 2. The summed E-state index contributed by atoms with van der Waals surface area (Å²) in [4.78, 5) is 40.4. The normalized spacial score (nSPS) is 16.5. The van der Waals surface area contributed by atoms with Crippen LogP contribution in [0.3, 0.4) is 0 Å². The average molecular weight is 446 g/mol. The molecular formula is C23H22N6O4. The number of amides is 1. The Morgan fingerprint density at radius 3 is 2.70 bits per heavy atom. The molecule has 10 nitrogen and oxygen atoms in total. The molecule has 1 amide bonds. The number of aromatic amines is 1. The summed E-state index contributed by atoms with van der Waals surface area (Å²) in [6, 6.07) is 10.9. The molecule has 33 heavy (non-hydrogen) atoms. The molecule has 5 rings (SSSR count). The van der Waals surface area contributed by atoms with Gasteiger partial charge >= 0.3 is 6.16 Å². The summed E-state index contributed by atoms with van der Waals surface area (Å²) < 4.78 is 9.63. The molecule has 168 valence electrons. The topological polar surface area (TPSA) is 124 Å². The Hall–Kier alpha value is -4.13. The van der Waals surface area contributed by atoms with E-state index in [2.05, 4.69) is 30.7 Å². The maximum atomic E-state index is 13.1. The highest BCUT2D eigenvalue weighted by molar-refractivity contribution is 5.90. The minimum atomic E-state index is -0.817. The molecule has 1 spiro atoms. The molecule has 2 aliphatic rings. The van der Waals surface area contributed by atoms with Crippen molar-refractivity contribution in [2.24, 2.45) is 0 Å². The Balaban J connectivity index is 1.32. The number of rotatable bonds is 4. The van der Waals surface area contributed by atoms with Crippen LogP contribution in [-0.4, -0.2) is 64.2 Å². The summed E-state index contributed by atoms with van der Waals surface area (Å²) in [6.45, 7) is 1.90. The van der Waals surface area contributed by atoms with Crippen molar-refractivity contribution in [3.05, 3.63) is 47.8 Å². The SMILES string of the molecule is COC(=O)Oc1cc2c(N3CCN(C(=O)Cc4ccc(C#N)cc4)C4(CC4)C3)ncnc2[nH]1. The summed E-state index contributed by atoms with van der Waals surface area (Å²) in [5.41, 5.74) is 1.85. The third kappa shape index (κ3) is 3.93. The van der Waals surface area contributed by atoms with Gasteiger partial charge in [-0.05, 0) is 30.5 Å². The van der Waals surface area contributed by atoms with E-state index < -0.39 is 6.16 Å². The van der Waals surface area contributed by atoms with E-state index in [-0.39, 0.29) is 17.3 Å². The summed E-state index contributed by atoms with van der Waals surface area (Å²) in [5, 5.41) is 9.70. The summed E-state index contributed by atoms with van der Waals surface area (Å²) in [5.74, 6) is 1.07. The molecule has 3 aromatic rings. The van der Waals surface area contributed by atoms with Crippen molar-refractivity contribution >= 4 is 28.9 Å². The van der Waals surface area contributed by atoms with Crippen LogP contribution in [0.15, 0.2) is 36.7 Å². The highest BCUT2D eigenvalue weighted by Gasteiger charge is 2.53. The van der Waals surface area contributed by atoms with Crippen molar-refractivity contribution in [3.63, 3.8) is 0 Å². The van der Waals surface area contributed by atoms with E-state index in [9.17, 15) is 9.59 Å². The van der Waals surface area contributed by atoms with Crippen molar-refractivity contribution in [3.8, 4) is 11.9 Å². The number of piperazine rings is 1. The predicted molar refractivity (Wildman–Crippen MR) is 118 cm³/mol. The summed E-state index contributed by atoms with van der Waals surface area (Å²) in [6.07, 6.45) is 2.86. The number of hydrogen-bond acceptors (Lipinski definition) is 8. The van der Waals surface area contributed by atoms with Crippen LogP contribution in [0.25, 0.3) is 11.0 Å². The van der Waals surface area contributed by atoms with Crippen LogP contribution in [0.5, 0.6) is 5.88 Å². The monoisotopic (exact) mass is 446 g/mol. The van der Waals surface area contributed by atoms with E-state index >= 15 is 0 Å². The number of fused-ring (bicyclic) bond motifs is 1. The van der Waals surface area contributed by atoms with Crippen molar-refractivity contribution in [1.82, 2.24) is 19.9 Å². The predicted octanol–water partition coefficient (Wildman–Crippen LogP) is 2.40. The molecule has 1 saturated carbocycles. The number of methoxy groups -OCH3 is 1. The zero-order valence-corrected chi connectivity index (χ0v) is 18.1. The molecule has 1 saturated heterocycles. The number of nitriles is 1. The molecule has 0 unspecified atom stereocenters. The fourth-order valence-electron chi connectivity index (χ4n) is 4.43. The zero-order valence-electron chi connectivity index (χ0n) is 18.1. The summed E-state index contributed by atoms with van der Waals surface area (Å²) in [7, 11) is 1.24. The smallest absolute Gasteiger partial charge is 0.437 e. The lowest BCUT2D eigenvalue weighted by Gasteiger charge is -2.43. The van der Waals surface area contributed by atoms with E-state index in [0.29, 0.717) is 37.3 Å². The van der Waals surface area contributed by atoms with Gasteiger partial charge in [0.15, 0.2) is 0 Å². The number of nitrogens with zero attached hydrogens (tertiary/aromatic N) is 5. The van der Waals surface area contributed by atoms with Gasteiger partial charge in [-0.1, -0.05) is 12.1 Å². The largest absolute Gasteiger partial charge is 0.514 e. The molecule has 0 atom stereocenters. The van der Waals surface area contributed by atoms with Gasteiger partial charge in [-0.3, -0.25) is 4.79 Å². The average Bonchev–Trinajstić information content (AvgIpc) is 3.45. The van der Waals surface area contributed by atoms with Gasteiger partial charge in [0.2, 0.25) is 11.8 Å². The van der Waals surface area contributed by atoms with Crippen molar-refractivity contribution in [1.29, 1.82) is 5.26 Å². The second-order valence-corrected chi connectivity index (χ2v) is 8.33. The minimum absolute atomic E-state index is 0.0973. The van der Waals surface area contributed by atoms with Gasteiger partial charge < -0.3 is 24.3 Å². The van der Waals surface area contributed by atoms with E-state index in [1.165, 1.54) is 13.4 Å². The number of carbonyl (C=O) groups is 2. The standard InChI is InChI=1S/C23H22N6O4/c1-32-22(31)33-18-11-17-20(27-18)25-14-26-21(17)28-8-9-29(23(13-28)6-7-23)19(30)10-15-2-4-16(12-24)5-3-15/h2-5,11,14H,6-10,13H2,1H3,(H,25,26,27). The second kappa shape index (κ2) is 8.09. The Labute approximate surface area is 189 Å². The van der Waals surface area contributed by atoms with Crippen LogP contribution >= 0.6 is 0 Å². The lowest BCUT2D eigenvalue weighted by Crippen LogP contribution is -2.57. The van der Waals surface area contributed by atoms with Gasteiger partial charge in [-0.25, -0.2) is 14.8 Å². The fourth-order valence-corrected chi connectivity index (χ4v) is 4.43. The first-order valence-electron chi connectivity index (χ1n) is 10.7. The maximum Gasteiger partial charge on any atom is 0.514 e. The maximum absolute atomic E-state index is 13.1. The van der Waals surface area contributed by atoms with Crippen LogP contribution in [-0.2, 0) is 16.0 Å². The highest BCUT2D eigenvalue weighted by Crippen LogP contribution is 2.45. The first-order valence-corrected chi connectivity index (χ1v) is 10.7. The highest BCUT2D eigenvalue weighted by atomic mass is 16.7. The number of carbonyl (C=O) groups excluding carboxylic acids is 2. The molecule has 3 heterocycles. The summed E-state index contributed by atoms with van der Waals surface area (Å²) >= 11 is 0. The molecule has 0 radical (unpaired) electrons. The van der Waals surface area contributed by atoms with Crippen LogP contribution in [0.4, 0.5) is 10.6 Å². The van der Waals surface area contributed by atoms with Gasteiger partial charge in [0.05, 0.1) is 36.1 Å². The van der Waals surface area contributed by atoms with Gasteiger partial charge in [0.1, 0.15) is 17.8 Å². The molecule has 1 aliphatic carbocycles. The molecule has 2 fully saturated rings. The first kappa shape index (κ1) is 20.8. The Kier molecular flexibility index (Phi) is 5.09. The zero-order chi connectivity index (χ0) is 23.0. The molecule has 1 aliphatic heterocycles. The van der Waals surface area contributed by atoms with Crippen LogP contribution in [0.2, 0.25) is 0 Å². The van der Waals surface area contributed by atoms with Crippen LogP contribution in [0, 0.1) is 11.3 Å². The lowest BCUT2D eigenvalue weighted by atomic mass is 10.1. The Morgan fingerprint density at radius 2 is 2.00 bits per heavy atom. The molecule has 1 N–H and O–H groups in total. The number of H-pyrrole nitrogens is 1. The lowest BCUT2D eigenvalue weighted by molar-refractivity contribution is -0.134. The molecular weight excluding hydrogens is 424 g/mol. The van der Waals surface area contributed by atoms with Crippen molar-refractivity contribution in [2.45, 2.75) is 24.8 Å². The van der Waals surface area contributed by atoms with Gasteiger partial charge in [0, 0.05) is 25.7 Å². The Morgan fingerprint density at radius 1 is 1.21 bits per heavy atom.